The number of benzene rings is 1. The third-order valence-corrected chi connectivity index (χ3v) is 3.00. The van der Waals surface area contributed by atoms with Crippen molar-refractivity contribution in [3.63, 3.8) is 0 Å². The summed E-state index contributed by atoms with van der Waals surface area (Å²) >= 11 is 0. The maximum absolute atomic E-state index is 10.8. The van der Waals surface area contributed by atoms with Crippen molar-refractivity contribution in [3.05, 3.63) is 23.8 Å². The molecule has 0 saturated heterocycles. The van der Waals surface area contributed by atoms with Crippen LogP contribution in [0.4, 0.5) is 0 Å². The minimum Gasteiger partial charge on any atom is -0.744 e. The minimum absolute atomic E-state index is 0. The number of rotatable bonds is 4. The van der Waals surface area contributed by atoms with Crippen molar-refractivity contribution in [3.8, 4) is 5.75 Å². The fourth-order valence-electron chi connectivity index (χ4n) is 1.26. The average Bonchev–Trinajstić information content (AvgIpc) is 2.12. The van der Waals surface area contributed by atoms with E-state index in [2.05, 4.69) is 0 Å². The van der Waals surface area contributed by atoms with Gasteiger partial charge in [0.1, 0.15) is 15.9 Å². The Balaban J connectivity index is 0.00000256. The van der Waals surface area contributed by atoms with Crippen molar-refractivity contribution in [2.24, 2.45) is 5.92 Å². The molecule has 0 saturated carbocycles. The van der Waals surface area contributed by atoms with E-state index in [4.69, 9.17) is 4.74 Å². The quantitative estimate of drug-likeness (QED) is 0.521. The first kappa shape index (κ1) is 17.6. The van der Waals surface area contributed by atoms with Gasteiger partial charge in [-0.2, -0.15) is 0 Å². The van der Waals surface area contributed by atoms with E-state index in [9.17, 15) is 13.0 Å². The molecule has 0 N–H and O–H groups in total. The summed E-state index contributed by atoms with van der Waals surface area (Å²) in [7, 11) is -4.39. The number of hydrogen-bond donors (Lipinski definition) is 0. The Hall–Kier alpha value is 0.566. The van der Waals surface area contributed by atoms with E-state index in [-0.39, 0.29) is 56.3 Å². The van der Waals surface area contributed by atoms with Crippen molar-refractivity contribution in [1.29, 1.82) is 0 Å². The first-order valence-electron chi connectivity index (χ1n) is 5.00. The zero-order valence-electron chi connectivity index (χ0n) is 10.6. The van der Waals surface area contributed by atoms with E-state index in [0.717, 1.165) is 0 Å². The van der Waals surface area contributed by atoms with E-state index < -0.39 is 10.1 Å². The van der Waals surface area contributed by atoms with Gasteiger partial charge in [-0.1, -0.05) is 13.8 Å². The molecule has 1 aromatic rings. The normalized spacial score (nSPS) is 11.1. The van der Waals surface area contributed by atoms with Gasteiger partial charge in [-0.05, 0) is 36.6 Å². The predicted molar refractivity (Wildman–Crippen MR) is 59.5 cm³/mol. The summed E-state index contributed by atoms with van der Waals surface area (Å²) in [6, 6.07) is 4.35. The van der Waals surface area contributed by atoms with E-state index >= 15 is 0 Å². The molecule has 6 heteroatoms. The predicted octanol–water partition coefficient (Wildman–Crippen LogP) is -1.06. The second kappa shape index (κ2) is 7.23. The first-order chi connectivity index (χ1) is 7.30. The first-order valence-corrected chi connectivity index (χ1v) is 6.41. The number of ether oxygens (including phenoxy) is 1. The Labute approximate surface area is 145 Å². The van der Waals surface area contributed by atoms with Crippen LogP contribution in [0.2, 0.25) is 0 Å². The van der Waals surface area contributed by atoms with E-state index in [1.54, 1.807) is 13.0 Å². The Morgan fingerprint density at radius 3 is 2.35 bits per heavy atom. The van der Waals surface area contributed by atoms with Gasteiger partial charge >= 0.3 is 51.4 Å². The fourth-order valence-corrected chi connectivity index (χ4v) is 1.94. The topological polar surface area (TPSA) is 66.4 Å². The Kier molecular flexibility index (Phi) is 7.47. The standard InChI is InChI=1S/C11H16O4S.K/c1-8(2)7-15-10-4-5-11(9(3)6-10)16(12,13)14;/h4-6,8H,7H2,1-3H3,(H,12,13,14);/q;+1/p-1. The second-order valence-corrected chi connectivity index (χ2v) is 5.43. The number of hydrogen-bond acceptors (Lipinski definition) is 4. The van der Waals surface area contributed by atoms with Crippen LogP contribution in [-0.4, -0.2) is 19.6 Å². The molecule has 17 heavy (non-hydrogen) atoms. The zero-order valence-corrected chi connectivity index (χ0v) is 14.5. The monoisotopic (exact) mass is 282 g/mol. The van der Waals surface area contributed by atoms with Gasteiger partial charge < -0.3 is 9.29 Å². The smallest absolute Gasteiger partial charge is 0.744 e. The molecule has 0 amide bonds. The molecule has 0 fully saturated rings. The van der Waals surface area contributed by atoms with Crippen LogP contribution in [0.15, 0.2) is 23.1 Å². The SMILES string of the molecule is Cc1cc(OCC(C)C)ccc1S(=O)(=O)[O-].[K+]. The number of aryl methyl sites for hydroxylation is 1. The molecule has 0 radical (unpaired) electrons. The van der Waals surface area contributed by atoms with Crippen LogP contribution in [0.3, 0.4) is 0 Å². The van der Waals surface area contributed by atoms with E-state index in [1.807, 2.05) is 13.8 Å². The largest absolute Gasteiger partial charge is 1.00 e. The molecule has 1 aromatic carbocycles. The van der Waals surface area contributed by atoms with Crippen LogP contribution in [0, 0.1) is 12.8 Å². The molecule has 90 valence electrons. The summed E-state index contributed by atoms with van der Waals surface area (Å²) in [6.07, 6.45) is 0. The molecule has 0 aliphatic carbocycles. The Morgan fingerprint density at radius 1 is 1.35 bits per heavy atom. The third-order valence-electron chi connectivity index (χ3n) is 2.00. The Morgan fingerprint density at radius 2 is 1.94 bits per heavy atom. The summed E-state index contributed by atoms with van der Waals surface area (Å²) in [6.45, 7) is 6.17. The van der Waals surface area contributed by atoms with E-state index in [1.165, 1.54) is 12.1 Å². The summed E-state index contributed by atoms with van der Waals surface area (Å²) in [4.78, 5) is -0.190. The second-order valence-electron chi connectivity index (χ2n) is 4.09. The van der Waals surface area contributed by atoms with Gasteiger partial charge in [0, 0.05) is 0 Å². The van der Waals surface area contributed by atoms with Crippen LogP contribution < -0.4 is 56.1 Å². The summed E-state index contributed by atoms with van der Waals surface area (Å²) in [5.41, 5.74) is 0.413. The molecular formula is C11H15KO4S. The molecule has 0 unspecified atom stereocenters. The van der Waals surface area contributed by atoms with Crippen molar-refractivity contribution < 1.29 is 69.1 Å². The van der Waals surface area contributed by atoms with Crippen LogP contribution in [-0.2, 0) is 10.1 Å². The molecule has 0 aromatic heterocycles. The molecular weight excluding hydrogens is 267 g/mol. The van der Waals surface area contributed by atoms with Crippen LogP contribution >= 0.6 is 0 Å². The maximum atomic E-state index is 10.8. The zero-order chi connectivity index (χ0) is 12.3. The van der Waals surface area contributed by atoms with Gasteiger partial charge in [-0.25, -0.2) is 8.42 Å². The summed E-state index contributed by atoms with van der Waals surface area (Å²) in [5, 5.41) is 0. The molecule has 1 rings (SSSR count). The van der Waals surface area contributed by atoms with Crippen molar-refractivity contribution in [1.82, 2.24) is 0 Å². The fraction of sp³-hybridized carbons (Fsp3) is 0.455. The minimum atomic E-state index is -4.39. The van der Waals surface area contributed by atoms with Gasteiger partial charge in [-0.3, -0.25) is 0 Å². The molecule has 0 aliphatic rings. The molecule has 0 atom stereocenters. The summed E-state index contributed by atoms with van der Waals surface area (Å²) < 4.78 is 37.9. The van der Waals surface area contributed by atoms with Crippen molar-refractivity contribution in [2.75, 3.05) is 6.61 Å². The third kappa shape index (κ3) is 5.82. The average molecular weight is 282 g/mol. The molecule has 0 bridgehead atoms. The van der Waals surface area contributed by atoms with Gasteiger partial charge in [-0.15, -0.1) is 0 Å². The Bertz CT molecular complexity index is 468. The molecule has 4 nitrogen and oxygen atoms in total. The van der Waals surface area contributed by atoms with Crippen LogP contribution in [0.25, 0.3) is 0 Å². The van der Waals surface area contributed by atoms with Gasteiger partial charge in [0.05, 0.1) is 11.5 Å². The maximum Gasteiger partial charge on any atom is 1.00 e. The van der Waals surface area contributed by atoms with Gasteiger partial charge in [0.2, 0.25) is 0 Å². The van der Waals surface area contributed by atoms with Crippen molar-refractivity contribution >= 4 is 10.1 Å². The van der Waals surface area contributed by atoms with Crippen LogP contribution in [0.5, 0.6) is 5.75 Å². The molecule has 0 spiro atoms. The summed E-state index contributed by atoms with van der Waals surface area (Å²) in [5.74, 6) is 0.974. The van der Waals surface area contributed by atoms with Crippen molar-refractivity contribution in [2.45, 2.75) is 25.7 Å². The molecule has 0 aliphatic heterocycles. The van der Waals surface area contributed by atoms with Gasteiger partial charge in [0.15, 0.2) is 0 Å². The van der Waals surface area contributed by atoms with Crippen LogP contribution in [0.1, 0.15) is 19.4 Å². The molecule has 0 heterocycles. The van der Waals surface area contributed by atoms with E-state index in [0.29, 0.717) is 23.8 Å². The van der Waals surface area contributed by atoms with Gasteiger partial charge in [0.25, 0.3) is 0 Å².